The summed E-state index contributed by atoms with van der Waals surface area (Å²) in [5.74, 6) is -2.22. The Morgan fingerprint density at radius 1 is 1.06 bits per heavy atom. The predicted molar refractivity (Wildman–Crippen MR) is 127 cm³/mol. The smallest absolute Gasteiger partial charge is 0.443 e. The van der Waals surface area contributed by atoms with Crippen LogP contribution in [-0.2, 0) is 28.6 Å². The molecule has 3 N–H and O–H groups in total. The second-order valence-electron chi connectivity index (χ2n) is 11.2. The van der Waals surface area contributed by atoms with Crippen molar-refractivity contribution < 1.29 is 38.2 Å². The Labute approximate surface area is 207 Å². The number of likely N-dealkylation sites (tertiary alicyclic amines) is 1. The molecule has 0 aliphatic carbocycles. The van der Waals surface area contributed by atoms with Crippen molar-refractivity contribution in [3.63, 3.8) is 0 Å². The number of hydrogen-bond acceptors (Lipinski definition) is 9. The van der Waals surface area contributed by atoms with E-state index in [1.807, 2.05) is 13.8 Å². The topological polar surface area (TPSA) is 154 Å². The monoisotopic (exact) mass is 499 g/mol. The van der Waals surface area contributed by atoms with Crippen LogP contribution in [0.25, 0.3) is 0 Å². The maximum Gasteiger partial charge on any atom is 0.509 e. The number of ketones is 1. The molecule has 0 aromatic rings. The van der Waals surface area contributed by atoms with Gasteiger partial charge in [-0.1, -0.05) is 13.8 Å². The first kappa shape index (κ1) is 30.3. The summed E-state index contributed by atoms with van der Waals surface area (Å²) in [6, 6.07) is -2.00. The van der Waals surface area contributed by atoms with Crippen molar-refractivity contribution >= 4 is 29.8 Å². The van der Waals surface area contributed by atoms with Gasteiger partial charge in [-0.2, -0.15) is 0 Å². The molecule has 11 nitrogen and oxygen atoms in total. The number of carbonyl (C=O) groups is 5. The standard InChI is InChI=1S/C24H41N3O8/c1-14(2)11-16(25)19(29)26-17(18(28)13-33-22(32)35-24(6,7)8)12-15-9-10-27(20(15)30)21(31)34-23(3,4)5/h14-17H,9-13,25H2,1-8H3,(H,26,29)/t15-,16-,17-/m0/s1. The lowest BCUT2D eigenvalue weighted by Gasteiger charge is -2.25. The number of Topliss-reactive ketones (excluding diaryl/α,β-unsaturated/α-hetero) is 1. The van der Waals surface area contributed by atoms with Crippen LogP contribution in [0, 0.1) is 11.8 Å². The third-order valence-electron chi connectivity index (χ3n) is 4.94. The van der Waals surface area contributed by atoms with Crippen molar-refractivity contribution in [2.75, 3.05) is 13.2 Å². The Bertz CT molecular complexity index is 798. The molecule has 1 heterocycles. The largest absolute Gasteiger partial charge is 0.509 e. The van der Waals surface area contributed by atoms with E-state index in [0.717, 1.165) is 4.90 Å². The second kappa shape index (κ2) is 12.3. The minimum Gasteiger partial charge on any atom is -0.443 e. The van der Waals surface area contributed by atoms with Crippen LogP contribution in [0.1, 0.15) is 74.7 Å². The summed E-state index contributed by atoms with van der Waals surface area (Å²) >= 11 is 0. The molecule has 11 heteroatoms. The quantitative estimate of drug-likeness (QED) is 0.455. The molecule has 1 rings (SSSR count). The molecule has 0 aromatic heterocycles. The first-order valence-corrected chi connectivity index (χ1v) is 11.9. The van der Waals surface area contributed by atoms with Crippen LogP contribution in [0.4, 0.5) is 9.59 Å². The first-order valence-electron chi connectivity index (χ1n) is 11.9. The Hall–Kier alpha value is -2.69. The van der Waals surface area contributed by atoms with E-state index in [-0.39, 0.29) is 18.9 Å². The number of amides is 3. The van der Waals surface area contributed by atoms with Gasteiger partial charge in [0.1, 0.15) is 11.2 Å². The van der Waals surface area contributed by atoms with Gasteiger partial charge in [0.15, 0.2) is 12.4 Å². The summed E-state index contributed by atoms with van der Waals surface area (Å²) in [6.45, 7) is 13.3. The van der Waals surface area contributed by atoms with E-state index in [4.69, 9.17) is 19.9 Å². The van der Waals surface area contributed by atoms with Gasteiger partial charge in [0.25, 0.3) is 0 Å². The molecule has 200 valence electrons. The molecule has 1 aliphatic heterocycles. The fraction of sp³-hybridized carbons (Fsp3) is 0.792. The molecule has 0 unspecified atom stereocenters. The van der Waals surface area contributed by atoms with Gasteiger partial charge in [-0.3, -0.25) is 14.4 Å². The van der Waals surface area contributed by atoms with Crippen molar-refractivity contribution in [2.24, 2.45) is 17.6 Å². The van der Waals surface area contributed by atoms with Gasteiger partial charge in [-0.25, -0.2) is 14.5 Å². The number of imide groups is 1. The van der Waals surface area contributed by atoms with Gasteiger partial charge in [0.05, 0.1) is 12.1 Å². The maximum absolute atomic E-state index is 12.9. The zero-order valence-electron chi connectivity index (χ0n) is 22.1. The molecule has 3 amide bonds. The molecule has 3 atom stereocenters. The average molecular weight is 500 g/mol. The van der Waals surface area contributed by atoms with E-state index >= 15 is 0 Å². The fourth-order valence-electron chi connectivity index (χ4n) is 3.42. The SMILES string of the molecule is CC(C)C[C@H](N)C(=O)N[C@@H](C[C@@H]1CCN(C(=O)OC(C)(C)C)C1=O)C(=O)COC(=O)OC(C)(C)C. The first-order chi connectivity index (χ1) is 15.9. The normalized spacial score (nSPS) is 18.2. The summed E-state index contributed by atoms with van der Waals surface area (Å²) in [6.07, 6.45) is -1.17. The van der Waals surface area contributed by atoms with E-state index in [1.54, 1.807) is 41.5 Å². The molecule has 35 heavy (non-hydrogen) atoms. The Kier molecular flexibility index (Phi) is 10.7. The highest BCUT2D eigenvalue weighted by molar-refractivity contribution is 5.96. The summed E-state index contributed by atoms with van der Waals surface area (Å²) < 4.78 is 15.2. The van der Waals surface area contributed by atoms with Crippen LogP contribution in [0.15, 0.2) is 0 Å². The van der Waals surface area contributed by atoms with Gasteiger partial charge >= 0.3 is 12.2 Å². The van der Waals surface area contributed by atoms with Crippen LogP contribution in [0.2, 0.25) is 0 Å². The summed E-state index contributed by atoms with van der Waals surface area (Å²) in [7, 11) is 0. The van der Waals surface area contributed by atoms with E-state index in [2.05, 4.69) is 5.32 Å². The minimum absolute atomic E-state index is 0.0746. The second-order valence-corrected chi connectivity index (χ2v) is 11.2. The molecule has 1 fully saturated rings. The Balaban J connectivity index is 2.92. The number of nitrogens with one attached hydrogen (secondary N) is 1. The fourth-order valence-corrected chi connectivity index (χ4v) is 3.42. The minimum atomic E-state index is -1.14. The van der Waals surface area contributed by atoms with Crippen molar-refractivity contribution in [1.29, 1.82) is 0 Å². The predicted octanol–water partition coefficient (Wildman–Crippen LogP) is 2.54. The maximum atomic E-state index is 12.9. The Morgan fingerprint density at radius 2 is 1.63 bits per heavy atom. The molecule has 0 aromatic carbocycles. The van der Waals surface area contributed by atoms with E-state index in [1.165, 1.54) is 0 Å². The van der Waals surface area contributed by atoms with E-state index in [0.29, 0.717) is 12.8 Å². The molecule has 0 bridgehead atoms. The zero-order valence-corrected chi connectivity index (χ0v) is 22.1. The van der Waals surface area contributed by atoms with Gasteiger partial charge in [-0.15, -0.1) is 0 Å². The van der Waals surface area contributed by atoms with E-state index in [9.17, 15) is 24.0 Å². The highest BCUT2D eigenvalue weighted by atomic mass is 16.7. The van der Waals surface area contributed by atoms with E-state index < -0.39 is 65.7 Å². The van der Waals surface area contributed by atoms with Crippen LogP contribution >= 0.6 is 0 Å². The van der Waals surface area contributed by atoms with Gasteiger partial charge in [0, 0.05) is 12.5 Å². The zero-order chi connectivity index (χ0) is 27.1. The van der Waals surface area contributed by atoms with Crippen molar-refractivity contribution in [2.45, 2.75) is 97.9 Å². The lowest BCUT2D eigenvalue weighted by Crippen LogP contribution is -2.50. The Morgan fingerprint density at radius 3 is 2.14 bits per heavy atom. The summed E-state index contributed by atoms with van der Waals surface area (Å²) in [4.78, 5) is 63.6. The number of nitrogens with zero attached hydrogens (tertiary/aromatic N) is 1. The van der Waals surface area contributed by atoms with Crippen LogP contribution in [0.5, 0.6) is 0 Å². The van der Waals surface area contributed by atoms with Crippen LogP contribution in [0.3, 0.4) is 0 Å². The third kappa shape index (κ3) is 11.1. The van der Waals surface area contributed by atoms with Gasteiger partial charge in [-0.05, 0) is 66.7 Å². The molecular weight excluding hydrogens is 458 g/mol. The number of nitrogens with two attached hydrogens (primary N) is 1. The molecule has 0 spiro atoms. The number of ether oxygens (including phenoxy) is 3. The summed E-state index contributed by atoms with van der Waals surface area (Å²) in [5.41, 5.74) is 4.37. The summed E-state index contributed by atoms with van der Waals surface area (Å²) in [5, 5.41) is 2.59. The molecule has 0 radical (unpaired) electrons. The third-order valence-corrected chi connectivity index (χ3v) is 4.94. The van der Waals surface area contributed by atoms with Crippen molar-refractivity contribution in [3.05, 3.63) is 0 Å². The highest BCUT2D eigenvalue weighted by Gasteiger charge is 2.40. The van der Waals surface area contributed by atoms with Crippen molar-refractivity contribution in [1.82, 2.24) is 10.2 Å². The number of rotatable bonds is 9. The molecule has 0 saturated carbocycles. The number of hydrogen-bond donors (Lipinski definition) is 2. The molecule has 1 saturated heterocycles. The average Bonchev–Trinajstić information content (AvgIpc) is 3.02. The van der Waals surface area contributed by atoms with Crippen LogP contribution in [-0.4, -0.2) is 71.2 Å². The van der Waals surface area contributed by atoms with Crippen LogP contribution < -0.4 is 11.1 Å². The van der Waals surface area contributed by atoms with Gasteiger partial charge < -0.3 is 25.3 Å². The lowest BCUT2D eigenvalue weighted by atomic mass is 9.95. The lowest BCUT2D eigenvalue weighted by molar-refractivity contribution is -0.134. The number of carbonyl (C=O) groups excluding carboxylic acids is 5. The highest BCUT2D eigenvalue weighted by Crippen LogP contribution is 2.25. The molecular formula is C24H41N3O8. The van der Waals surface area contributed by atoms with Crippen molar-refractivity contribution in [3.8, 4) is 0 Å². The van der Waals surface area contributed by atoms with Gasteiger partial charge in [0.2, 0.25) is 11.8 Å². The molecule has 1 aliphatic rings.